The molecule has 2 aromatic carbocycles. The smallest absolute Gasteiger partial charge is 0.329 e. The van der Waals surface area contributed by atoms with Crippen molar-refractivity contribution in [3.63, 3.8) is 0 Å². The van der Waals surface area contributed by atoms with Gasteiger partial charge in [0.25, 0.3) is 0 Å². The van der Waals surface area contributed by atoms with Gasteiger partial charge in [-0.15, -0.1) is 11.3 Å². The molecule has 1 heterocycles. The number of thiazole rings is 1. The average Bonchev–Trinajstić information content (AvgIpc) is 3.20. The summed E-state index contributed by atoms with van der Waals surface area (Å²) < 4.78 is 19.4. The van der Waals surface area contributed by atoms with Gasteiger partial charge in [-0.3, -0.25) is 4.79 Å². The highest BCUT2D eigenvalue weighted by atomic mass is 32.1. The minimum absolute atomic E-state index is 0.0367. The lowest BCUT2D eigenvalue weighted by atomic mass is 9.80. The molecule has 0 aliphatic heterocycles. The van der Waals surface area contributed by atoms with E-state index in [4.69, 9.17) is 9.84 Å². The van der Waals surface area contributed by atoms with Gasteiger partial charge in [-0.25, -0.2) is 14.2 Å². The summed E-state index contributed by atoms with van der Waals surface area (Å²) in [5.41, 5.74) is 1.31. The van der Waals surface area contributed by atoms with E-state index in [9.17, 15) is 14.0 Å². The third-order valence-electron chi connectivity index (χ3n) is 5.29. The lowest BCUT2D eigenvalue weighted by molar-refractivity contribution is -0.159. The lowest BCUT2D eigenvalue weighted by Gasteiger charge is -2.39. The predicted octanol–water partition coefficient (Wildman–Crippen LogP) is 4.61. The first-order valence-electron chi connectivity index (χ1n) is 9.91. The summed E-state index contributed by atoms with van der Waals surface area (Å²) in [5, 5.41) is 12.5. The summed E-state index contributed by atoms with van der Waals surface area (Å²) in [6.45, 7) is -0.337. The molecule has 1 fully saturated rings. The quantitative estimate of drug-likeness (QED) is 0.534. The van der Waals surface area contributed by atoms with Gasteiger partial charge in [0.15, 0.2) is 0 Å². The van der Waals surface area contributed by atoms with Gasteiger partial charge in [-0.2, -0.15) is 0 Å². The summed E-state index contributed by atoms with van der Waals surface area (Å²) in [4.78, 5) is 28.5. The van der Waals surface area contributed by atoms with Crippen molar-refractivity contribution in [3.05, 3.63) is 71.1 Å². The number of nitrogens with zero attached hydrogens (tertiary/aromatic N) is 1. The zero-order valence-corrected chi connectivity index (χ0v) is 17.5. The fourth-order valence-corrected chi connectivity index (χ4v) is 4.60. The van der Waals surface area contributed by atoms with Crippen molar-refractivity contribution in [2.24, 2.45) is 0 Å². The van der Waals surface area contributed by atoms with Crippen LogP contribution in [0.3, 0.4) is 0 Å². The van der Waals surface area contributed by atoms with Crippen molar-refractivity contribution in [2.45, 2.75) is 31.3 Å². The second kappa shape index (κ2) is 8.95. The number of hydrogen-bond donors (Lipinski definition) is 2. The van der Waals surface area contributed by atoms with Crippen molar-refractivity contribution < 1.29 is 23.8 Å². The fourth-order valence-electron chi connectivity index (χ4n) is 3.47. The van der Waals surface area contributed by atoms with Crippen LogP contribution in [0, 0.1) is 5.82 Å². The molecule has 0 radical (unpaired) electrons. The number of halogens is 1. The number of aliphatic carboxylic acids is 1. The van der Waals surface area contributed by atoms with Gasteiger partial charge in [0, 0.05) is 11.9 Å². The van der Waals surface area contributed by atoms with Gasteiger partial charge in [0.2, 0.25) is 5.91 Å². The van der Waals surface area contributed by atoms with E-state index in [1.165, 1.54) is 17.4 Å². The Bertz CT molecular complexity index is 1090. The Hall–Kier alpha value is -3.10. The monoisotopic (exact) mass is 440 g/mol. The van der Waals surface area contributed by atoms with Crippen LogP contribution in [0.4, 0.5) is 10.1 Å². The first-order chi connectivity index (χ1) is 14.9. The topological polar surface area (TPSA) is 88.5 Å². The third kappa shape index (κ3) is 4.81. The summed E-state index contributed by atoms with van der Waals surface area (Å²) in [7, 11) is 0. The van der Waals surface area contributed by atoms with Crippen molar-refractivity contribution in [3.8, 4) is 10.4 Å². The van der Waals surface area contributed by atoms with Crippen molar-refractivity contribution in [2.75, 3.05) is 11.9 Å². The largest absolute Gasteiger partial charge is 0.480 e. The van der Waals surface area contributed by atoms with Crippen LogP contribution in [0.25, 0.3) is 10.4 Å². The maximum Gasteiger partial charge on any atom is 0.329 e. The molecule has 0 atom stereocenters. The number of anilines is 1. The molecule has 8 heteroatoms. The second-order valence-electron chi connectivity index (χ2n) is 7.45. The van der Waals surface area contributed by atoms with E-state index in [2.05, 4.69) is 10.3 Å². The number of carbonyl (C=O) groups is 2. The molecule has 160 valence electrons. The lowest BCUT2D eigenvalue weighted by Crippen LogP contribution is -2.38. The van der Waals surface area contributed by atoms with Crippen molar-refractivity contribution in [1.29, 1.82) is 0 Å². The van der Waals surface area contributed by atoms with E-state index in [0.29, 0.717) is 11.3 Å². The molecule has 1 saturated carbocycles. The summed E-state index contributed by atoms with van der Waals surface area (Å²) in [5.74, 6) is -1.68. The number of carbonyl (C=O) groups excluding carboxylic acids is 1. The molecule has 6 nitrogen and oxygen atoms in total. The second-order valence-corrected chi connectivity index (χ2v) is 8.48. The van der Waals surface area contributed by atoms with Crippen LogP contribution < -0.4 is 5.32 Å². The van der Waals surface area contributed by atoms with Gasteiger partial charge in [-0.1, -0.05) is 30.3 Å². The standard InChI is InChI=1S/C23H21FN2O4S/c24-18-5-2-1-4-16(18)12-20(27)26-17-8-6-15(7-9-17)19-13-25-22(31-19)23(10-3-11-23)30-14-21(28)29/h1-2,4-9,13H,3,10-12,14H2,(H,26,27)(H,28,29). The van der Waals surface area contributed by atoms with E-state index in [0.717, 1.165) is 34.7 Å². The Kier molecular flexibility index (Phi) is 6.11. The first-order valence-corrected chi connectivity index (χ1v) is 10.7. The van der Waals surface area contributed by atoms with Crippen LogP contribution in [0.5, 0.6) is 0 Å². The summed E-state index contributed by atoms with van der Waals surface area (Å²) >= 11 is 1.49. The Morgan fingerprint density at radius 3 is 2.55 bits per heavy atom. The maximum atomic E-state index is 13.7. The first kappa shape index (κ1) is 21.1. The normalized spacial score (nSPS) is 14.6. The molecule has 1 amide bonds. The Morgan fingerprint density at radius 2 is 1.90 bits per heavy atom. The van der Waals surface area contributed by atoms with Crippen molar-refractivity contribution >= 4 is 28.9 Å². The molecule has 1 aliphatic carbocycles. The Morgan fingerprint density at radius 1 is 1.16 bits per heavy atom. The Balaban J connectivity index is 1.41. The van der Waals surface area contributed by atoms with Crippen LogP contribution in [0.15, 0.2) is 54.7 Å². The molecule has 4 rings (SSSR count). The van der Waals surface area contributed by atoms with Crippen molar-refractivity contribution in [1.82, 2.24) is 4.98 Å². The molecular weight excluding hydrogens is 419 g/mol. The van der Waals surface area contributed by atoms with Gasteiger partial charge < -0.3 is 15.2 Å². The highest BCUT2D eigenvalue weighted by Gasteiger charge is 2.43. The third-order valence-corrected chi connectivity index (χ3v) is 6.52. The van der Waals surface area contributed by atoms with Crippen LogP contribution >= 0.6 is 11.3 Å². The van der Waals surface area contributed by atoms with Crippen LogP contribution in [0.2, 0.25) is 0 Å². The average molecular weight is 440 g/mol. The van der Waals surface area contributed by atoms with E-state index < -0.39 is 17.4 Å². The molecule has 0 bridgehead atoms. The molecule has 1 aliphatic rings. The molecule has 0 saturated heterocycles. The van der Waals surface area contributed by atoms with Crippen LogP contribution in [-0.2, 0) is 26.3 Å². The van der Waals surface area contributed by atoms with E-state index in [1.54, 1.807) is 36.5 Å². The summed E-state index contributed by atoms with van der Waals surface area (Å²) in [6.07, 6.45) is 4.23. The molecule has 2 N–H and O–H groups in total. The predicted molar refractivity (Wildman–Crippen MR) is 115 cm³/mol. The number of nitrogens with one attached hydrogen (secondary N) is 1. The number of carboxylic acids is 1. The zero-order valence-electron chi connectivity index (χ0n) is 16.6. The summed E-state index contributed by atoms with van der Waals surface area (Å²) in [6, 6.07) is 13.5. The number of ether oxygens (including phenoxy) is 1. The van der Waals surface area contributed by atoms with Gasteiger partial charge >= 0.3 is 5.97 Å². The molecule has 31 heavy (non-hydrogen) atoms. The number of benzene rings is 2. The van der Waals surface area contributed by atoms with Gasteiger partial charge in [-0.05, 0) is 48.6 Å². The zero-order chi connectivity index (χ0) is 21.8. The highest BCUT2D eigenvalue weighted by Crippen LogP contribution is 2.47. The maximum absolute atomic E-state index is 13.7. The molecule has 3 aromatic rings. The molecular formula is C23H21FN2O4S. The number of rotatable bonds is 8. The van der Waals surface area contributed by atoms with Gasteiger partial charge in [0.05, 0.1) is 11.3 Å². The number of hydrogen-bond acceptors (Lipinski definition) is 5. The van der Waals surface area contributed by atoms with Crippen LogP contribution in [0.1, 0.15) is 29.8 Å². The van der Waals surface area contributed by atoms with Crippen LogP contribution in [-0.4, -0.2) is 28.6 Å². The SMILES string of the molecule is O=C(O)COC1(c2ncc(-c3ccc(NC(=O)Cc4ccccc4F)cc3)s2)CCC1. The molecule has 0 unspecified atom stereocenters. The van der Waals surface area contributed by atoms with E-state index in [-0.39, 0.29) is 18.9 Å². The Labute approximate surface area is 182 Å². The number of carboxylic acid groups (broad SMARTS) is 1. The number of aromatic nitrogens is 1. The highest BCUT2D eigenvalue weighted by molar-refractivity contribution is 7.15. The number of amides is 1. The van der Waals surface area contributed by atoms with Gasteiger partial charge in [0.1, 0.15) is 23.0 Å². The van der Waals surface area contributed by atoms with E-state index in [1.807, 2.05) is 12.1 Å². The minimum atomic E-state index is -0.990. The molecule has 1 aromatic heterocycles. The van der Waals surface area contributed by atoms with E-state index >= 15 is 0 Å². The minimum Gasteiger partial charge on any atom is -0.480 e. The fraction of sp³-hybridized carbons (Fsp3) is 0.261. The molecule has 0 spiro atoms.